The lowest BCUT2D eigenvalue weighted by Gasteiger charge is -2.32. The first-order valence-electron chi connectivity index (χ1n) is 10.7. The topological polar surface area (TPSA) is 66.1 Å². The van der Waals surface area contributed by atoms with E-state index in [4.69, 9.17) is 9.15 Å². The van der Waals surface area contributed by atoms with Crippen molar-refractivity contribution < 1.29 is 9.15 Å². The third-order valence-corrected chi connectivity index (χ3v) is 5.84. The van der Waals surface area contributed by atoms with Gasteiger partial charge in [-0.05, 0) is 63.4 Å². The van der Waals surface area contributed by atoms with Crippen molar-refractivity contribution in [1.29, 1.82) is 0 Å². The zero-order chi connectivity index (χ0) is 21.5. The number of ether oxygens (including phenoxy) is 1. The van der Waals surface area contributed by atoms with Crippen LogP contribution in [0.4, 0.5) is 0 Å². The fourth-order valence-corrected chi connectivity index (χ4v) is 3.85. The lowest BCUT2D eigenvalue weighted by Crippen LogP contribution is -2.43. The Labute approximate surface area is 180 Å². The number of piperidine rings is 1. The second-order valence-corrected chi connectivity index (χ2v) is 8.10. The van der Waals surface area contributed by atoms with Crippen LogP contribution in [0.3, 0.4) is 0 Å². The van der Waals surface area contributed by atoms with Gasteiger partial charge in [0.15, 0.2) is 5.96 Å². The quantitative estimate of drug-likeness (QED) is 0.555. The van der Waals surface area contributed by atoms with Crippen molar-refractivity contribution in [2.75, 3.05) is 40.8 Å². The van der Waals surface area contributed by atoms with E-state index in [1.807, 2.05) is 33.0 Å². The predicted octanol–water partition coefficient (Wildman–Crippen LogP) is 3.22. The number of aromatic nitrogens is 1. The summed E-state index contributed by atoms with van der Waals surface area (Å²) in [6.07, 6.45) is 2.34. The summed E-state index contributed by atoms with van der Waals surface area (Å²) >= 11 is 0. The van der Waals surface area contributed by atoms with Gasteiger partial charge in [0, 0.05) is 27.2 Å². The molecule has 0 unspecified atom stereocenters. The lowest BCUT2D eigenvalue weighted by atomic mass is 9.97. The van der Waals surface area contributed by atoms with Crippen LogP contribution in [0.25, 0.3) is 0 Å². The summed E-state index contributed by atoms with van der Waals surface area (Å²) < 4.78 is 11.0. The van der Waals surface area contributed by atoms with E-state index < -0.39 is 0 Å². The average Bonchev–Trinajstić information content (AvgIpc) is 3.07. The van der Waals surface area contributed by atoms with Crippen LogP contribution in [-0.4, -0.2) is 61.6 Å². The highest BCUT2D eigenvalue weighted by molar-refractivity contribution is 5.79. The molecule has 1 saturated heterocycles. The van der Waals surface area contributed by atoms with Gasteiger partial charge in [-0.1, -0.05) is 12.1 Å². The van der Waals surface area contributed by atoms with Crippen molar-refractivity contribution in [2.45, 2.75) is 39.8 Å². The van der Waals surface area contributed by atoms with E-state index in [1.54, 1.807) is 7.11 Å². The maximum atomic E-state index is 5.73. The third-order valence-electron chi connectivity index (χ3n) is 5.84. The van der Waals surface area contributed by atoms with Crippen molar-refractivity contribution in [3.8, 4) is 5.75 Å². The Morgan fingerprint density at radius 2 is 1.97 bits per heavy atom. The highest BCUT2D eigenvalue weighted by Crippen LogP contribution is 2.19. The normalized spacial score (nSPS) is 16.0. The van der Waals surface area contributed by atoms with E-state index in [1.165, 1.54) is 18.4 Å². The minimum atomic E-state index is 0.653. The van der Waals surface area contributed by atoms with Gasteiger partial charge in [0.1, 0.15) is 11.5 Å². The number of oxazole rings is 1. The zero-order valence-electron chi connectivity index (χ0n) is 18.9. The Morgan fingerprint density at radius 3 is 2.53 bits per heavy atom. The number of nitrogens with one attached hydrogen (secondary N) is 1. The van der Waals surface area contributed by atoms with Crippen LogP contribution >= 0.6 is 0 Å². The van der Waals surface area contributed by atoms with E-state index in [2.05, 4.69) is 44.3 Å². The highest BCUT2D eigenvalue weighted by Gasteiger charge is 2.21. The van der Waals surface area contributed by atoms with Crippen LogP contribution in [0.1, 0.15) is 35.7 Å². The number of benzene rings is 1. The van der Waals surface area contributed by atoms with Crippen LogP contribution in [-0.2, 0) is 13.1 Å². The molecule has 0 aliphatic carbocycles. The van der Waals surface area contributed by atoms with Gasteiger partial charge >= 0.3 is 0 Å². The summed E-state index contributed by atoms with van der Waals surface area (Å²) in [5, 5.41) is 3.56. The highest BCUT2D eigenvalue weighted by atomic mass is 16.5. The maximum Gasteiger partial charge on any atom is 0.208 e. The van der Waals surface area contributed by atoms with Crippen LogP contribution in [0, 0.1) is 19.8 Å². The van der Waals surface area contributed by atoms with Gasteiger partial charge in [-0.2, -0.15) is 0 Å². The molecule has 1 aromatic carbocycles. The fourth-order valence-electron chi connectivity index (χ4n) is 3.85. The van der Waals surface area contributed by atoms with Gasteiger partial charge in [-0.15, -0.1) is 0 Å². The Kier molecular flexibility index (Phi) is 7.74. The number of methoxy groups -OCH3 is 1. The number of guanidine groups is 1. The van der Waals surface area contributed by atoms with Crippen molar-refractivity contribution in [2.24, 2.45) is 10.9 Å². The standard InChI is InChI=1S/C23H35N5O2/c1-17-18(2)30-22(26-17)16-28-12-10-19(11-13-28)14-25-23(24-3)27(4)15-20-6-8-21(29-5)9-7-20/h6-9,19H,10-16H2,1-5H3,(H,24,25). The van der Waals surface area contributed by atoms with Gasteiger partial charge < -0.3 is 19.4 Å². The Morgan fingerprint density at radius 1 is 1.27 bits per heavy atom. The van der Waals surface area contributed by atoms with Crippen molar-refractivity contribution in [3.05, 3.63) is 47.2 Å². The number of aliphatic imine (C=N–C) groups is 1. The molecule has 1 aromatic heterocycles. The molecule has 1 aliphatic rings. The largest absolute Gasteiger partial charge is 0.497 e. The first-order valence-corrected chi connectivity index (χ1v) is 10.7. The molecule has 30 heavy (non-hydrogen) atoms. The zero-order valence-corrected chi connectivity index (χ0v) is 18.9. The van der Waals surface area contributed by atoms with Gasteiger partial charge in [-0.3, -0.25) is 9.89 Å². The SMILES string of the molecule is CN=C(NCC1CCN(Cc2nc(C)c(C)o2)CC1)N(C)Cc1ccc(OC)cc1. The fraction of sp³-hybridized carbons (Fsp3) is 0.565. The molecule has 7 heteroatoms. The van der Waals surface area contributed by atoms with E-state index in [9.17, 15) is 0 Å². The number of nitrogens with zero attached hydrogens (tertiary/aromatic N) is 4. The van der Waals surface area contributed by atoms with Crippen LogP contribution < -0.4 is 10.1 Å². The summed E-state index contributed by atoms with van der Waals surface area (Å²) in [6.45, 7) is 8.68. The molecule has 0 atom stereocenters. The number of hydrogen-bond donors (Lipinski definition) is 1. The molecule has 2 heterocycles. The minimum absolute atomic E-state index is 0.653. The second-order valence-electron chi connectivity index (χ2n) is 8.10. The molecule has 1 N–H and O–H groups in total. The number of hydrogen-bond acceptors (Lipinski definition) is 5. The first kappa shape index (κ1) is 22.2. The number of rotatable bonds is 7. The van der Waals surface area contributed by atoms with E-state index in [0.717, 1.165) is 61.8 Å². The molecule has 0 spiro atoms. The second kappa shape index (κ2) is 10.5. The minimum Gasteiger partial charge on any atom is -0.497 e. The van der Waals surface area contributed by atoms with E-state index >= 15 is 0 Å². The molecule has 0 amide bonds. The van der Waals surface area contributed by atoms with Crippen LogP contribution in [0.5, 0.6) is 5.75 Å². The number of likely N-dealkylation sites (tertiary alicyclic amines) is 1. The molecule has 1 fully saturated rings. The summed E-state index contributed by atoms with van der Waals surface area (Å²) in [5.41, 5.74) is 2.22. The molecule has 7 nitrogen and oxygen atoms in total. The average molecular weight is 414 g/mol. The Balaban J connectivity index is 1.41. The lowest BCUT2D eigenvalue weighted by molar-refractivity contribution is 0.163. The van der Waals surface area contributed by atoms with Crippen LogP contribution in [0.2, 0.25) is 0 Å². The molecule has 0 saturated carbocycles. The van der Waals surface area contributed by atoms with E-state index in [-0.39, 0.29) is 0 Å². The molecule has 164 valence electrons. The van der Waals surface area contributed by atoms with E-state index in [0.29, 0.717) is 5.92 Å². The molecule has 0 bridgehead atoms. The summed E-state index contributed by atoms with van der Waals surface area (Å²) in [4.78, 5) is 13.6. The smallest absolute Gasteiger partial charge is 0.208 e. The van der Waals surface area contributed by atoms with Crippen molar-refractivity contribution >= 4 is 5.96 Å². The van der Waals surface area contributed by atoms with Crippen molar-refractivity contribution in [3.63, 3.8) is 0 Å². The number of aryl methyl sites for hydroxylation is 2. The van der Waals surface area contributed by atoms with Crippen molar-refractivity contribution in [1.82, 2.24) is 20.1 Å². The van der Waals surface area contributed by atoms with Gasteiger partial charge in [0.05, 0.1) is 19.3 Å². The van der Waals surface area contributed by atoms with Crippen LogP contribution in [0.15, 0.2) is 33.7 Å². The third kappa shape index (κ3) is 5.98. The molecule has 3 rings (SSSR count). The molecule has 2 aromatic rings. The molecular formula is C23H35N5O2. The molecular weight excluding hydrogens is 378 g/mol. The monoisotopic (exact) mass is 413 g/mol. The van der Waals surface area contributed by atoms with Gasteiger partial charge in [-0.25, -0.2) is 4.98 Å². The predicted molar refractivity (Wildman–Crippen MR) is 120 cm³/mol. The van der Waals surface area contributed by atoms with Gasteiger partial charge in [0.2, 0.25) is 5.89 Å². The summed E-state index contributed by atoms with van der Waals surface area (Å²) in [6, 6.07) is 8.17. The Hall–Kier alpha value is -2.54. The summed E-state index contributed by atoms with van der Waals surface area (Å²) in [5.74, 6) is 4.22. The molecule has 1 aliphatic heterocycles. The summed E-state index contributed by atoms with van der Waals surface area (Å²) in [7, 11) is 5.60. The Bertz CT molecular complexity index is 803. The first-order chi connectivity index (χ1) is 14.5. The maximum absolute atomic E-state index is 5.73. The van der Waals surface area contributed by atoms with Gasteiger partial charge in [0.25, 0.3) is 0 Å². The molecule has 0 radical (unpaired) electrons.